The number of para-hydroxylation sites is 1. The van der Waals surface area contributed by atoms with Crippen LogP contribution in [0.4, 0.5) is 5.69 Å². The average Bonchev–Trinajstić information content (AvgIpc) is 3.25. The molecule has 0 fully saturated rings. The molecule has 6 nitrogen and oxygen atoms in total. The normalized spacial score (nSPS) is 10.9. The number of nitrogens with zero attached hydrogens (tertiary/aromatic N) is 2. The highest BCUT2D eigenvalue weighted by atomic mass is 32.1. The van der Waals surface area contributed by atoms with Crippen LogP contribution in [0.2, 0.25) is 0 Å². The van der Waals surface area contributed by atoms with Gasteiger partial charge in [-0.15, -0.1) is 0 Å². The molecule has 0 aliphatic rings. The number of hydrogen-bond acceptors (Lipinski definition) is 4. The molecule has 7 heteroatoms. The van der Waals surface area contributed by atoms with Crippen molar-refractivity contribution in [3.8, 4) is 5.13 Å². The molecule has 1 amide bonds. The lowest BCUT2D eigenvalue weighted by Gasteiger charge is -2.02. The van der Waals surface area contributed by atoms with Crippen LogP contribution in [0.5, 0.6) is 0 Å². The number of aromatic nitrogens is 3. The number of thiazole rings is 1. The van der Waals surface area contributed by atoms with Gasteiger partial charge in [-0.3, -0.25) is 14.7 Å². The van der Waals surface area contributed by atoms with Crippen LogP contribution < -0.4 is 10.9 Å². The molecule has 0 bridgehead atoms. The van der Waals surface area contributed by atoms with Gasteiger partial charge in [-0.1, -0.05) is 59.4 Å². The van der Waals surface area contributed by atoms with E-state index < -0.39 is 0 Å². The summed E-state index contributed by atoms with van der Waals surface area (Å²) in [5, 5.41) is 6.43. The van der Waals surface area contributed by atoms with Crippen molar-refractivity contribution in [1.29, 1.82) is 0 Å². The smallest absolute Gasteiger partial charge is 0.277 e. The second kappa shape index (κ2) is 8.12. The number of H-pyrrole nitrogens is 1. The Morgan fingerprint density at radius 3 is 2.47 bits per heavy atom. The van der Waals surface area contributed by atoms with E-state index in [1.165, 1.54) is 21.6 Å². The van der Waals surface area contributed by atoms with Crippen LogP contribution >= 0.6 is 11.3 Å². The molecule has 4 aromatic rings. The van der Waals surface area contributed by atoms with Crippen molar-refractivity contribution in [3.63, 3.8) is 0 Å². The number of carbonyl (C=O) groups excluding carboxylic acids is 1. The molecule has 0 aliphatic carbocycles. The number of aromatic amines is 1. The summed E-state index contributed by atoms with van der Waals surface area (Å²) in [6.07, 6.45) is 0.542. The maximum atomic E-state index is 13.0. The zero-order chi connectivity index (χ0) is 21.3. The van der Waals surface area contributed by atoms with E-state index in [2.05, 4.69) is 15.4 Å². The Labute approximate surface area is 178 Å². The number of amides is 1. The molecule has 30 heavy (non-hydrogen) atoms. The number of nitrogens with one attached hydrogen (secondary N) is 2. The monoisotopic (exact) mass is 418 g/mol. The van der Waals surface area contributed by atoms with Gasteiger partial charge in [-0.05, 0) is 38.5 Å². The molecule has 0 aliphatic heterocycles. The molecular weight excluding hydrogens is 396 g/mol. The Bertz CT molecular complexity index is 1250. The minimum atomic E-state index is -0.237. The highest BCUT2D eigenvalue weighted by Crippen LogP contribution is 2.22. The van der Waals surface area contributed by atoms with E-state index in [1.54, 1.807) is 6.92 Å². The third kappa shape index (κ3) is 3.97. The first-order chi connectivity index (χ1) is 14.4. The lowest BCUT2D eigenvalue weighted by atomic mass is 10.0. The first-order valence-corrected chi connectivity index (χ1v) is 10.4. The maximum absolute atomic E-state index is 13.0. The summed E-state index contributed by atoms with van der Waals surface area (Å²) in [7, 11) is 0. The van der Waals surface area contributed by atoms with Crippen molar-refractivity contribution in [2.75, 3.05) is 5.32 Å². The van der Waals surface area contributed by atoms with Crippen LogP contribution in [0.15, 0.2) is 59.4 Å². The number of benzene rings is 2. The second-order valence-electron chi connectivity index (χ2n) is 7.25. The Morgan fingerprint density at radius 2 is 1.77 bits per heavy atom. The molecule has 2 N–H and O–H groups in total. The van der Waals surface area contributed by atoms with Crippen molar-refractivity contribution in [2.24, 2.45) is 0 Å². The molecule has 2 aromatic carbocycles. The zero-order valence-corrected chi connectivity index (χ0v) is 17.8. The van der Waals surface area contributed by atoms with Gasteiger partial charge in [0.15, 0.2) is 0 Å². The van der Waals surface area contributed by atoms with Gasteiger partial charge >= 0.3 is 0 Å². The van der Waals surface area contributed by atoms with E-state index >= 15 is 0 Å². The Kier molecular flexibility index (Phi) is 5.37. The molecule has 0 spiro atoms. The first-order valence-electron chi connectivity index (χ1n) is 9.62. The van der Waals surface area contributed by atoms with E-state index in [0.29, 0.717) is 33.4 Å². The van der Waals surface area contributed by atoms with Crippen molar-refractivity contribution < 1.29 is 4.79 Å². The zero-order valence-electron chi connectivity index (χ0n) is 17.0. The van der Waals surface area contributed by atoms with Crippen LogP contribution in [0.3, 0.4) is 0 Å². The Morgan fingerprint density at radius 1 is 1.07 bits per heavy atom. The fraction of sp³-hybridized carbons (Fsp3) is 0.174. The molecule has 0 saturated heterocycles. The third-order valence-corrected chi connectivity index (χ3v) is 6.05. The van der Waals surface area contributed by atoms with Crippen LogP contribution in [-0.4, -0.2) is 20.7 Å². The number of carbonyl (C=O) groups is 1. The van der Waals surface area contributed by atoms with E-state index in [4.69, 9.17) is 0 Å². The minimum Gasteiger partial charge on any atom is -0.321 e. The average molecular weight is 419 g/mol. The highest BCUT2D eigenvalue weighted by Gasteiger charge is 2.20. The lowest BCUT2D eigenvalue weighted by Crippen LogP contribution is -2.17. The number of anilines is 1. The molecule has 0 atom stereocenters. The van der Waals surface area contributed by atoms with Crippen molar-refractivity contribution in [3.05, 3.63) is 97.9 Å². The van der Waals surface area contributed by atoms with Crippen LogP contribution in [0, 0.1) is 20.8 Å². The predicted molar refractivity (Wildman–Crippen MR) is 120 cm³/mol. The summed E-state index contributed by atoms with van der Waals surface area (Å²) >= 11 is 1.19. The summed E-state index contributed by atoms with van der Waals surface area (Å²) in [6.45, 7) is 5.69. The summed E-state index contributed by atoms with van der Waals surface area (Å²) in [5.41, 5.74) is 4.90. The molecule has 0 radical (unpaired) electrons. The maximum Gasteiger partial charge on any atom is 0.277 e. The van der Waals surface area contributed by atoms with Crippen molar-refractivity contribution in [1.82, 2.24) is 14.8 Å². The highest BCUT2D eigenvalue weighted by molar-refractivity contribution is 7.16. The molecule has 4 rings (SSSR count). The third-order valence-electron chi connectivity index (χ3n) is 4.91. The van der Waals surface area contributed by atoms with Gasteiger partial charge in [0.25, 0.3) is 11.5 Å². The van der Waals surface area contributed by atoms with E-state index in [1.807, 2.05) is 68.4 Å². The van der Waals surface area contributed by atoms with E-state index in [-0.39, 0.29) is 11.5 Å². The Balaban J connectivity index is 1.62. The molecule has 152 valence electrons. The molecule has 2 aromatic heterocycles. The van der Waals surface area contributed by atoms with E-state index in [0.717, 1.165) is 11.3 Å². The Hall–Kier alpha value is -3.45. The topological polar surface area (TPSA) is 79.8 Å². The quantitative estimate of drug-likeness (QED) is 0.504. The minimum absolute atomic E-state index is 0.142. The fourth-order valence-electron chi connectivity index (χ4n) is 3.23. The summed E-state index contributed by atoms with van der Waals surface area (Å²) in [4.78, 5) is 30.7. The van der Waals surface area contributed by atoms with Gasteiger partial charge in [-0.2, -0.15) is 4.68 Å². The number of hydrogen-bond donors (Lipinski definition) is 2. The van der Waals surface area contributed by atoms with Crippen LogP contribution in [-0.2, 0) is 6.42 Å². The summed E-state index contributed by atoms with van der Waals surface area (Å²) < 4.78 is 1.43. The standard InChI is InChI=1S/C23H22N4O2S/c1-14-9-11-17(12-10-14)13-19-15(2)26-27(22(19)29)23-24-16(3)20(30-23)21(28)25-18-7-5-4-6-8-18/h4-12,26H,13H2,1-3H3,(H,25,28). The summed E-state index contributed by atoms with van der Waals surface area (Å²) in [5.74, 6) is -0.237. The molecule has 2 heterocycles. The van der Waals surface area contributed by atoms with Crippen LogP contribution in [0.25, 0.3) is 5.13 Å². The second-order valence-corrected chi connectivity index (χ2v) is 8.23. The van der Waals surface area contributed by atoms with Gasteiger partial charge in [0.05, 0.1) is 5.69 Å². The van der Waals surface area contributed by atoms with Gasteiger partial charge in [0.1, 0.15) is 4.88 Å². The largest absolute Gasteiger partial charge is 0.321 e. The van der Waals surface area contributed by atoms with Gasteiger partial charge in [0.2, 0.25) is 5.13 Å². The molecular formula is C23H22N4O2S. The molecule has 0 unspecified atom stereocenters. The van der Waals surface area contributed by atoms with E-state index in [9.17, 15) is 9.59 Å². The van der Waals surface area contributed by atoms with Crippen LogP contribution in [0.1, 0.15) is 37.7 Å². The lowest BCUT2D eigenvalue weighted by molar-refractivity contribution is 0.103. The number of aryl methyl sites for hydroxylation is 3. The predicted octanol–water partition coefficient (Wildman–Crippen LogP) is 4.39. The summed E-state index contributed by atoms with van der Waals surface area (Å²) in [6, 6.07) is 17.4. The van der Waals surface area contributed by atoms with Gasteiger partial charge in [0, 0.05) is 23.4 Å². The number of rotatable bonds is 5. The fourth-order valence-corrected chi connectivity index (χ4v) is 4.15. The first kappa shape index (κ1) is 19.8. The van der Waals surface area contributed by atoms with Gasteiger partial charge < -0.3 is 5.32 Å². The van der Waals surface area contributed by atoms with Crippen molar-refractivity contribution >= 4 is 22.9 Å². The molecule has 0 saturated carbocycles. The van der Waals surface area contributed by atoms with Crippen molar-refractivity contribution in [2.45, 2.75) is 27.2 Å². The SMILES string of the molecule is Cc1ccc(Cc2c(C)[nH]n(-c3nc(C)c(C(=O)Nc4ccccc4)s3)c2=O)cc1. The van der Waals surface area contributed by atoms with Gasteiger partial charge in [-0.25, -0.2) is 4.98 Å².